The predicted octanol–water partition coefficient (Wildman–Crippen LogP) is 1.51. The van der Waals surface area contributed by atoms with Crippen LogP contribution in [0.1, 0.15) is 17.5 Å². The highest BCUT2D eigenvalue weighted by atomic mass is 19.4. The molecule has 0 spiro atoms. The Bertz CT molecular complexity index is 464. The van der Waals surface area contributed by atoms with E-state index in [4.69, 9.17) is 5.11 Å². The molecule has 0 heterocycles. The van der Waals surface area contributed by atoms with E-state index in [1.807, 2.05) is 31.2 Å². The molecule has 0 saturated heterocycles. The van der Waals surface area contributed by atoms with Crippen molar-refractivity contribution in [2.75, 3.05) is 13.2 Å². The number of aliphatic hydroxyl groups is 1. The Labute approximate surface area is 121 Å². The van der Waals surface area contributed by atoms with Crippen LogP contribution in [0.25, 0.3) is 0 Å². The van der Waals surface area contributed by atoms with Gasteiger partial charge in [-0.2, -0.15) is 13.2 Å². The maximum absolute atomic E-state index is 12.5. The number of hydrogen-bond donors (Lipinski definition) is 3. The van der Waals surface area contributed by atoms with Crippen LogP contribution in [-0.2, 0) is 11.3 Å². The Morgan fingerprint density at radius 1 is 1.38 bits per heavy atom. The van der Waals surface area contributed by atoms with Crippen LogP contribution in [0.4, 0.5) is 13.2 Å². The number of rotatable bonds is 7. The molecule has 4 nitrogen and oxygen atoms in total. The van der Waals surface area contributed by atoms with Crippen molar-refractivity contribution in [3.05, 3.63) is 35.4 Å². The van der Waals surface area contributed by atoms with E-state index in [2.05, 4.69) is 10.6 Å². The molecule has 0 aliphatic carbocycles. The fraction of sp³-hybridized carbons (Fsp3) is 0.500. The summed E-state index contributed by atoms with van der Waals surface area (Å²) in [5.74, 6) is -0.524. The Balaban J connectivity index is 2.39. The number of aryl methyl sites for hydroxylation is 1. The van der Waals surface area contributed by atoms with Crippen molar-refractivity contribution in [1.29, 1.82) is 0 Å². The smallest absolute Gasteiger partial charge is 0.396 e. The second-order valence-electron chi connectivity index (χ2n) is 4.75. The highest BCUT2D eigenvalue weighted by Crippen LogP contribution is 2.21. The zero-order valence-electron chi connectivity index (χ0n) is 11.7. The highest BCUT2D eigenvalue weighted by Gasteiger charge is 2.38. The van der Waals surface area contributed by atoms with E-state index in [9.17, 15) is 18.0 Å². The summed E-state index contributed by atoms with van der Waals surface area (Å²) in [7, 11) is 0. The fourth-order valence-corrected chi connectivity index (χ4v) is 1.81. The molecule has 1 amide bonds. The predicted molar refractivity (Wildman–Crippen MR) is 72.6 cm³/mol. The van der Waals surface area contributed by atoms with Crippen molar-refractivity contribution in [2.24, 2.45) is 0 Å². The van der Waals surface area contributed by atoms with E-state index >= 15 is 0 Å². The lowest BCUT2D eigenvalue weighted by atomic mass is 10.1. The molecule has 21 heavy (non-hydrogen) atoms. The van der Waals surface area contributed by atoms with E-state index < -0.39 is 37.7 Å². The van der Waals surface area contributed by atoms with Gasteiger partial charge in [-0.15, -0.1) is 0 Å². The van der Waals surface area contributed by atoms with Crippen molar-refractivity contribution in [3.8, 4) is 0 Å². The number of alkyl halides is 3. The molecule has 1 aromatic carbocycles. The number of carbonyl (C=O) groups excluding carboxylic acids is 1. The number of halogens is 3. The van der Waals surface area contributed by atoms with E-state index in [0.29, 0.717) is 0 Å². The van der Waals surface area contributed by atoms with Crippen LogP contribution in [-0.4, -0.2) is 36.4 Å². The molecule has 1 atom stereocenters. The van der Waals surface area contributed by atoms with Gasteiger partial charge >= 0.3 is 6.18 Å². The molecule has 3 N–H and O–H groups in total. The molecule has 0 bridgehead atoms. The number of nitrogens with one attached hydrogen (secondary N) is 2. The summed E-state index contributed by atoms with van der Waals surface area (Å²) < 4.78 is 37.6. The van der Waals surface area contributed by atoms with Crippen LogP contribution >= 0.6 is 0 Å². The summed E-state index contributed by atoms with van der Waals surface area (Å²) in [6, 6.07) is 5.58. The van der Waals surface area contributed by atoms with Gasteiger partial charge < -0.3 is 10.4 Å². The van der Waals surface area contributed by atoms with Crippen LogP contribution in [0.2, 0.25) is 0 Å². The van der Waals surface area contributed by atoms with Gasteiger partial charge in [0.05, 0.1) is 6.54 Å². The highest BCUT2D eigenvalue weighted by molar-refractivity contribution is 5.78. The molecule has 0 saturated carbocycles. The van der Waals surface area contributed by atoms with E-state index in [0.717, 1.165) is 11.1 Å². The molecule has 0 unspecified atom stereocenters. The van der Waals surface area contributed by atoms with Crippen LogP contribution in [0.3, 0.4) is 0 Å². The Kier molecular flexibility index (Phi) is 6.64. The first-order valence-electron chi connectivity index (χ1n) is 6.56. The number of hydrogen-bond acceptors (Lipinski definition) is 3. The minimum absolute atomic E-state index is 0.263. The molecule has 0 aromatic heterocycles. The second kappa shape index (κ2) is 7.99. The van der Waals surface area contributed by atoms with Crippen molar-refractivity contribution in [1.82, 2.24) is 10.6 Å². The summed E-state index contributed by atoms with van der Waals surface area (Å²) in [4.78, 5) is 11.5. The number of amides is 1. The third kappa shape index (κ3) is 6.59. The van der Waals surface area contributed by atoms with E-state index in [1.54, 1.807) is 0 Å². The molecule has 0 radical (unpaired) electrons. The topological polar surface area (TPSA) is 61.4 Å². The van der Waals surface area contributed by atoms with Crippen molar-refractivity contribution in [2.45, 2.75) is 32.1 Å². The van der Waals surface area contributed by atoms with Crippen LogP contribution in [0.15, 0.2) is 24.3 Å². The minimum Gasteiger partial charge on any atom is -0.396 e. The van der Waals surface area contributed by atoms with Gasteiger partial charge in [0.15, 0.2) is 0 Å². The van der Waals surface area contributed by atoms with Gasteiger partial charge in [0.25, 0.3) is 0 Å². The van der Waals surface area contributed by atoms with Gasteiger partial charge in [-0.25, -0.2) is 0 Å². The van der Waals surface area contributed by atoms with Gasteiger partial charge in [-0.1, -0.05) is 29.8 Å². The molecule has 0 fully saturated rings. The maximum atomic E-state index is 12.5. The van der Waals surface area contributed by atoms with Crippen molar-refractivity contribution in [3.63, 3.8) is 0 Å². The lowest BCUT2D eigenvalue weighted by molar-refractivity contribution is -0.159. The Hall–Kier alpha value is -1.60. The number of carbonyl (C=O) groups is 1. The third-order valence-corrected chi connectivity index (χ3v) is 2.89. The van der Waals surface area contributed by atoms with Gasteiger partial charge in [-0.3, -0.25) is 10.1 Å². The average Bonchev–Trinajstić information content (AvgIpc) is 2.40. The van der Waals surface area contributed by atoms with Gasteiger partial charge in [-0.05, 0) is 18.9 Å². The number of benzene rings is 1. The summed E-state index contributed by atoms with van der Waals surface area (Å²) in [5.41, 5.74) is 1.92. The lowest BCUT2D eigenvalue weighted by Crippen LogP contribution is -2.47. The first-order chi connectivity index (χ1) is 9.82. The molecule has 1 rings (SSSR count). The van der Waals surface area contributed by atoms with Crippen molar-refractivity contribution >= 4 is 5.91 Å². The first-order valence-corrected chi connectivity index (χ1v) is 6.56. The standard InChI is InChI=1S/C14H19F3N2O2/c1-10-3-2-4-11(7-10)8-19-13(21)9-18-12(5-6-20)14(15,16)17/h2-4,7,12,18,20H,5-6,8-9H2,1H3,(H,19,21)/t12-/m0/s1. The minimum atomic E-state index is -4.49. The maximum Gasteiger partial charge on any atom is 0.403 e. The SMILES string of the molecule is Cc1cccc(CNC(=O)CN[C@@H](CCO)C(F)(F)F)c1. The van der Waals surface area contributed by atoms with Gasteiger partial charge in [0.2, 0.25) is 5.91 Å². The zero-order valence-corrected chi connectivity index (χ0v) is 11.7. The molecule has 0 aliphatic heterocycles. The zero-order chi connectivity index (χ0) is 15.9. The third-order valence-electron chi connectivity index (χ3n) is 2.89. The normalized spacial score (nSPS) is 13.0. The van der Waals surface area contributed by atoms with E-state index in [-0.39, 0.29) is 6.54 Å². The summed E-state index contributed by atoms with van der Waals surface area (Å²) in [6.45, 7) is 1.13. The van der Waals surface area contributed by atoms with Crippen LogP contribution < -0.4 is 10.6 Å². The largest absolute Gasteiger partial charge is 0.403 e. The molecule has 0 aliphatic rings. The molecule has 1 aromatic rings. The van der Waals surface area contributed by atoms with Crippen LogP contribution in [0.5, 0.6) is 0 Å². The van der Waals surface area contributed by atoms with Gasteiger partial charge in [0, 0.05) is 13.2 Å². The molecule has 7 heteroatoms. The Morgan fingerprint density at radius 2 is 2.10 bits per heavy atom. The van der Waals surface area contributed by atoms with Gasteiger partial charge in [0.1, 0.15) is 6.04 Å². The lowest BCUT2D eigenvalue weighted by Gasteiger charge is -2.20. The fourth-order valence-electron chi connectivity index (χ4n) is 1.81. The molecule has 118 valence electrons. The Morgan fingerprint density at radius 3 is 2.67 bits per heavy atom. The average molecular weight is 304 g/mol. The summed E-state index contributed by atoms with van der Waals surface area (Å²) in [5, 5.41) is 13.3. The molecular weight excluding hydrogens is 285 g/mol. The first kappa shape index (κ1) is 17.5. The molecular formula is C14H19F3N2O2. The summed E-state index contributed by atoms with van der Waals surface area (Å²) >= 11 is 0. The second-order valence-corrected chi connectivity index (χ2v) is 4.75. The quantitative estimate of drug-likeness (QED) is 0.716. The van der Waals surface area contributed by atoms with Crippen LogP contribution in [0, 0.1) is 6.92 Å². The van der Waals surface area contributed by atoms with Crippen molar-refractivity contribution < 1.29 is 23.1 Å². The monoisotopic (exact) mass is 304 g/mol. The van der Waals surface area contributed by atoms with E-state index in [1.165, 1.54) is 0 Å². The summed E-state index contributed by atoms with van der Waals surface area (Å²) in [6.07, 6.45) is -4.96. The number of aliphatic hydroxyl groups excluding tert-OH is 1.